The van der Waals surface area contributed by atoms with Crippen molar-refractivity contribution in [2.75, 3.05) is 0 Å². The molecule has 342 valence electrons. The second kappa shape index (κ2) is 17.9. The second-order valence-corrected chi connectivity index (χ2v) is 18.1. The molecule has 0 amide bonds. The third-order valence-corrected chi connectivity index (χ3v) is 13.8. The highest BCUT2D eigenvalue weighted by molar-refractivity contribution is 6.10. The summed E-state index contributed by atoms with van der Waals surface area (Å²) in [6, 6.07) is 79.7. The van der Waals surface area contributed by atoms with Crippen LogP contribution in [0.3, 0.4) is 0 Å². The number of nitrogens with zero attached hydrogens (tertiary/aromatic N) is 8. The van der Waals surface area contributed by atoms with E-state index in [4.69, 9.17) is 28.1 Å². The molecule has 0 fully saturated rings. The smallest absolute Gasteiger partial charge is 0.194 e. The zero-order valence-corrected chi connectivity index (χ0v) is 39.5. The molecule has 0 aliphatic carbocycles. The van der Waals surface area contributed by atoms with Crippen molar-refractivity contribution in [2.24, 2.45) is 0 Å². The van der Waals surface area contributed by atoms with Crippen molar-refractivity contribution in [1.29, 1.82) is 5.26 Å². The Balaban J connectivity index is 1.13. The maximum atomic E-state index is 10.2. The van der Waals surface area contributed by atoms with Crippen molar-refractivity contribution in [3.63, 3.8) is 0 Å². The van der Waals surface area contributed by atoms with Crippen molar-refractivity contribution in [3.05, 3.63) is 259 Å². The van der Waals surface area contributed by atoms with Crippen LogP contribution in [0.4, 0.5) is 11.4 Å². The topological polar surface area (TPSA) is 81.0 Å². The lowest BCUT2D eigenvalue weighted by Gasteiger charge is -2.17. The molecule has 8 heteroatoms. The molecule has 0 spiro atoms. The van der Waals surface area contributed by atoms with Crippen molar-refractivity contribution >= 4 is 55.0 Å². The lowest BCUT2D eigenvalue weighted by molar-refractivity contribution is 1.07. The van der Waals surface area contributed by atoms with Crippen LogP contribution < -0.4 is 0 Å². The highest BCUT2D eigenvalue weighted by Gasteiger charge is 2.23. The summed E-state index contributed by atoms with van der Waals surface area (Å²) >= 11 is 0. The van der Waals surface area contributed by atoms with Crippen molar-refractivity contribution in [3.8, 4) is 85.0 Å². The number of aromatic nitrogens is 5. The summed E-state index contributed by atoms with van der Waals surface area (Å²) in [7, 11) is 0. The maximum Gasteiger partial charge on any atom is 0.194 e. The van der Waals surface area contributed by atoms with Gasteiger partial charge in [0.25, 0.3) is 0 Å². The molecular formula is C66H38N8. The van der Waals surface area contributed by atoms with Gasteiger partial charge in [0.05, 0.1) is 46.8 Å². The number of benzene rings is 10. The van der Waals surface area contributed by atoms with E-state index in [0.29, 0.717) is 34.4 Å². The first-order valence-electron chi connectivity index (χ1n) is 24.1. The van der Waals surface area contributed by atoms with E-state index in [1.54, 1.807) is 0 Å². The Labute approximate surface area is 426 Å². The van der Waals surface area contributed by atoms with Crippen LogP contribution in [-0.4, -0.2) is 24.1 Å². The number of hydrogen-bond donors (Lipinski definition) is 0. The van der Waals surface area contributed by atoms with Crippen LogP contribution in [0.15, 0.2) is 231 Å². The quantitative estimate of drug-likeness (QED) is 0.142. The Bertz CT molecular complexity index is 4210. The highest BCUT2D eigenvalue weighted by atomic mass is 15.0. The molecular weight excluding hydrogens is 905 g/mol. The van der Waals surface area contributed by atoms with Gasteiger partial charge >= 0.3 is 0 Å². The fraction of sp³-hybridized carbons (Fsp3) is 0. The van der Waals surface area contributed by atoms with Crippen LogP contribution in [-0.2, 0) is 0 Å². The number of para-hydroxylation sites is 5. The van der Waals surface area contributed by atoms with Gasteiger partial charge in [-0.05, 0) is 106 Å². The van der Waals surface area contributed by atoms with E-state index in [9.17, 15) is 5.26 Å². The summed E-state index contributed by atoms with van der Waals surface area (Å²) in [4.78, 5) is 24.1. The molecule has 13 rings (SSSR count). The molecule has 0 aliphatic heterocycles. The van der Waals surface area contributed by atoms with Gasteiger partial charge in [-0.3, -0.25) is 0 Å². The number of hydrogen-bond acceptors (Lipinski definition) is 4. The zero-order chi connectivity index (χ0) is 49.7. The van der Waals surface area contributed by atoms with E-state index in [0.717, 1.165) is 105 Å². The van der Waals surface area contributed by atoms with E-state index in [-0.39, 0.29) is 0 Å². The van der Waals surface area contributed by atoms with E-state index in [2.05, 4.69) is 158 Å². The largest absolute Gasteiger partial charge is 0.309 e. The maximum absolute atomic E-state index is 10.2. The van der Waals surface area contributed by atoms with Crippen LogP contribution in [0, 0.1) is 24.5 Å². The normalized spacial score (nSPS) is 11.2. The molecule has 0 atom stereocenters. The predicted octanol–water partition coefficient (Wildman–Crippen LogP) is 17.0. The molecule has 0 saturated carbocycles. The molecule has 0 radical (unpaired) electrons. The lowest BCUT2D eigenvalue weighted by Crippen LogP contribution is -2.04. The van der Waals surface area contributed by atoms with E-state index in [1.165, 1.54) is 0 Å². The zero-order valence-electron chi connectivity index (χ0n) is 39.5. The van der Waals surface area contributed by atoms with Gasteiger partial charge < -0.3 is 9.13 Å². The summed E-state index contributed by atoms with van der Waals surface area (Å²) in [6.45, 7) is 16.0. The van der Waals surface area contributed by atoms with Gasteiger partial charge in [-0.15, -0.1) is 0 Å². The summed E-state index contributed by atoms with van der Waals surface area (Å²) in [5, 5.41) is 14.7. The highest BCUT2D eigenvalue weighted by Crippen LogP contribution is 2.42. The van der Waals surface area contributed by atoms with Crippen LogP contribution >= 0.6 is 0 Å². The van der Waals surface area contributed by atoms with Crippen LogP contribution in [0.5, 0.6) is 0 Å². The minimum atomic E-state index is 0.417. The van der Waals surface area contributed by atoms with Crippen molar-refractivity contribution < 1.29 is 0 Å². The van der Waals surface area contributed by atoms with Gasteiger partial charge in [-0.25, -0.2) is 24.6 Å². The third kappa shape index (κ3) is 7.33. The number of rotatable bonds is 8. The second-order valence-electron chi connectivity index (χ2n) is 18.1. The average molecular weight is 943 g/mol. The summed E-state index contributed by atoms with van der Waals surface area (Å²) in [6.07, 6.45) is 0. The summed E-state index contributed by atoms with van der Waals surface area (Å²) in [5.41, 5.74) is 14.8. The van der Waals surface area contributed by atoms with Crippen molar-refractivity contribution in [2.45, 2.75) is 0 Å². The Kier molecular flexibility index (Phi) is 10.5. The summed E-state index contributed by atoms with van der Waals surface area (Å²) in [5.74, 6) is 1.26. The lowest BCUT2D eigenvalue weighted by atomic mass is 9.96. The van der Waals surface area contributed by atoms with Crippen LogP contribution in [0.1, 0.15) is 5.56 Å². The average Bonchev–Trinajstić information content (AvgIpc) is 4.00. The monoisotopic (exact) mass is 942 g/mol. The Hall–Kier alpha value is -10.7. The SMILES string of the molecule is [C-]#[N+]c1cccc(-c2ccc(-n3c4ccccc4c4ccccc43)cc2-c2nc(-c3cccc(-c4ccccc4[N+]#[C-])c3)nc(-c3cc(-n4c5ccccc5c5ccccc54)ccc3-c3cccc(C#N)c3)n2)c1. The van der Waals surface area contributed by atoms with E-state index < -0.39 is 0 Å². The van der Waals surface area contributed by atoms with Gasteiger partial charge in [-0.1, -0.05) is 158 Å². The van der Waals surface area contributed by atoms with Crippen molar-refractivity contribution in [1.82, 2.24) is 24.1 Å². The first kappa shape index (κ1) is 43.3. The number of fused-ring (bicyclic) bond motifs is 6. The minimum Gasteiger partial charge on any atom is -0.309 e. The van der Waals surface area contributed by atoms with Gasteiger partial charge in [0.15, 0.2) is 28.8 Å². The standard InChI is InChI=1S/C66H38N8/c1-68-47-21-15-19-45(38-47)51-35-33-49(74-62-30-11-6-25-55(62)56-26-7-12-31-63(56)74)40-58(51)66-71-64(46-20-14-18-44(37-46)52-22-3-8-27-59(52)69-2)70-65(72-66)57-39-48(32-34-50(57)43-17-13-16-42(36-43)41-67)73-60-28-9-4-23-53(60)54-24-5-10-29-61(54)73/h3-40H. The molecule has 8 nitrogen and oxygen atoms in total. The molecule has 13 aromatic rings. The Morgan fingerprint density at radius 2 is 0.797 bits per heavy atom. The Morgan fingerprint density at radius 3 is 1.32 bits per heavy atom. The molecule has 10 aromatic carbocycles. The third-order valence-electron chi connectivity index (χ3n) is 13.8. The van der Waals surface area contributed by atoms with Gasteiger partial charge in [0.1, 0.15) is 0 Å². The first-order valence-corrected chi connectivity index (χ1v) is 24.1. The molecule has 0 bridgehead atoms. The summed E-state index contributed by atoms with van der Waals surface area (Å²) < 4.78 is 4.56. The molecule has 0 saturated heterocycles. The predicted molar refractivity (Wildman–Crippen MR) is 298 cm³/mol. The first-order chi connectivity index (χ1) is 36.5. The van der Waals surface area contributed by atoms with Gasteiger partial charge in [0, 0.05) is 49.6 Å². The molecule has 0 unspecified atom stereocenters. The van der Waals surface area contributed by atoms with E-state index in [1.807, 2.05) is 97.1 Å². The minimum absolute atomic E-state index is 0.417. The molecule has 0 N–H and O–H groups in total. The fourth-order valence-electron chi connectivity index (χ4n) is 10.5. The van der Waals surface area contributed by atoms with Crippen LogP contribution in [0.25, 0.3) is 132 Å². The Morgan fingerprint density at radius 1 is 0.351 bits per heavy atom. The van der Waals surface area contributed by atoms with Crippen LogP contribution in [0.2, 0.25) is 0 Å². The van der Waals surface area contributed by atoms with Gasteiger partial charge in [-0.2, -0.15) is 5.26 Å². The molecule has 0 aliphatic rings. The number of nitriles is 1. The van der Waals surface area contributed by atoms with Gasteiger partial charge in [0.2, 0.25) is 0 Å². The fourth-order valence-corrected chi connectivity index (χ4v) is 10.5. The molecule has 3 heterocycles. The van der Waals surface area contributed by atoms with E-state index >= 15 is 0 Å². The molecule has 74 heavy (non-hydrogen) atoms. The molecule has 3 aromatic heterocycles.